The van der Waals surface area contributed by atoms with Gasteiger partial charge in [0.1, 0.15) is 0 Å². The molecule has 0 spiro atoms. The number of piperidine rings is 3. The van der Waals surface area contributed by atoms with Crippen LogP contribution < -0.4 is 0 Å². The molecule has 1 aromatic carbocycles. The van der Waals surface area contributed by atoms with E-state index in [4.69, 9.17) is 0 Å². The van der Waals surface area contributed by atoms with Crippen molar-refractivity contribution in [3.05, 3.63) is 65.0 Å². The molecule has 4 heteroatoms. The summed E-state index contributed by atoms with van der Waals surface area (Å²) in [4.78, 5) is 22.6. The molecule has 2 bridgehead atoms. The molecule has 4 saturated heterocycles. The largest absolute Gasteiger partial charge is 0.333 e. The van der Waals surface area contributed by atoms with Crippen LogP contribution in [0.25, 0.3) is 0 Å². The van der Waals surface area contributed by atoms with Gasteiger partial charge in [-0.05, 0) is 62.9 Å². The average Bonchev–Trinajstić information content (AvgIpc) is 3.12. The van der Waals surface area contributed by atoms with Gasteiger partial charge in [0.25, 0.3) is 5.91 Å². The molecule has 4 fully saturated rings. The van der Waals surface area contributed by atoms with E-state index in [2.05, 4.69) is 46.0 Å². The zero-order valence-electron chi connectivity index (χ0n) is 16.1. The van der Waals surface area contributed by atoms with Crippen molar-refractivity contribution >= 4 is 5.91 Å². The number of carbonyl (C=O) groups is 1. The van der Waals surface area contributed by atoms with E-state index in [0.29, 0.717) is 23.9 Å². The van der Waals surface area contributed by atoms with Crippen molar-refractivity contribution in [2.45, 2.75) is 44.7 Å². The molecule has 0 unspecified atom stereocenters. The highest BCUT2D eigenvalue weighted by molar-refractivity contribution is 5.96. The predicted octanol–water partition coefficient (Wildman–Crippen LogP) is 3.40. The van der Waals surface area contributed by atoms with E-state index in [1.54, 1.807) is 12.4 Å². The first-order valence-corrected chi connectivity index (χ1v) is 10.2. The van der Waals surface area contributed by atoms with Gasteiger partial charge in [-0.1, -0.05) is 29.8 Å². The van der Waals surface area contributed by atoms with Crippen LogP contribution in [0.5, 0.6) is 0 Å². The van der Waals surface area contributed by atoms with E-state index >= 15 is 0 Å². The zero-order chi connectivity index (χ0) is 18.5. The molecule has 140 valence electrons. The van der Waals surface area contributed by atoms with Crippen molar-refractivity contribution in [1.29, 1.82) is 0 Å². The van der Waals surface area contributed by atoms with E-state index in [0.717, 1.165) is 17.7 Å². The fourth-order valence-corrected chi connectivity index (χ4v) is 5.60. The monoisotopic (exact) mass is 361 g/mol. The van der Waals surface area contributed by atoms with Gasteiger partial charge < -0.3 is 4.90 Å². The molecular formula is C23H27N3O. The number of benzene rings is 1. The number of hydrogen-bond acceptors (Lipinski definition) is 3. The van der Waals surface area contributed by atoms with Crippen LogP contribution in [0.15, 0.2) is 42.7 Å². The number of likely N-dealkylation sites (tertiary alicyclic amines) is 1. The SMILES string of the molecule is Cc1ccc([C@H]2CN(C(=O)c3cnccc3C)[C@@H]3C4CCN(CC4)[C@H]23)cc1. The van der Waals surface area contributed by atoms with E-state index in [9.17, 15) is 4.79 Å². The molecule has 3 atom stereocenters. The number of amides is 1. The third-order valence-corrected chi connectivity index (χ3v) is 7.03. The first kappa shape index (κ1) is 16.9. The van der Waals surface area contributed by atoms with Crippen LogP contribution in [0, 0.1) is 19.8 Å². The molecule has 0 N–H and O–H groups in total. The number of pyridine rings is 1. The molecule has 6 rings (SSSR count). The third kappa shape index (κ3) is 2.69. The van der Waals surface area contributed by atoms with E-state index in [1.807, 2.05) is 13.0 Å². The Morgan fingerprint density at radius 3 is 2.48 bits per heavy atom. The number of nitrogens with zero attached hydrogens (tertiary/aromatic N) is 3. The number of aromatic nitrogens is 1. The van der Waals surface area contributed by atoms with Gasteiger partial charge in [-0.15, -0.1) is 0 Å². The van der Waals surface area contributed by atoms with Crippen molar-refractivity contribution in [2.75, 3.05) is 19.6 Å². The second-order valence-corrected chi connectivity index (χ2v) is 8.52. The van der Waals surface area contributed by atoms with Crippen molar-refractivity contribution in [2.24, 2.45) is 5.92 Å². The summed E-state index contributed by atoms with van der Waals surface area (Å²) in [7, 11) is 0. The number of rotatable bonds is 2. The molecule has 1 amide bonds. The Kier molecular flexibility index (Phi) is 4.05. The van der Waals surface area contributed by atoms with E-state index in [-0.39, 0.29) is 5.91 Å². The number of carbonyl (C=O) groups excluding carboxylic acids is 1. The minimum absolute atomic E-state index is 0.166. The molecule has 2 aromatic rings. The Morgan fingerprint density at radius 1 is 1.04 bits per heavy atom. The van der Waals surface area contributed by atoms with Gasteiger partial charge >= 0.3 is 0 Å². The molecule has 0 radical (unpaired) electrons. The summed E-state index contributed by atoms with van der Waals surface area (Å²) >= 11 is 0. The molecule has 4 nitrogen and oxygen atoms in total. The minimum Gasteiger partial charge on any atom is -0.333 e. The average molecular weight is 361 g/mol. The molecular weight excluding hydrogens is 334 g/mol. The van der Waals surface area contributed by atoms with Gasteiger partial charge in [0.05, 0.1) is 11.6 Å². The summed E-state index contributed by atoms with van der Waals surface area (Å²) in [5, 5.41) is 0. The summed E-state index contributed by atoms with van der Waals surface area (Å²) in [6, 6.07) is 11.7. The standard InChI is InChI=1S/C23H27N3O/c1-15-3-5-17(6-4-15)20-14-26(23(27)19-13-24-10-7-16(19)2)21-18-8-11-25(12-9-18)22(20)21/h3-7,10,13,18,20-22H,8-9,11-12,14H2,1-2H3/t20-,21-,22-/m1/s1. The smallest absolute Gasteiger partial charge is 0.256 e. The van der Waals surface area contributed by atoms with Crippen molar-refractivity contribution < 1.29 is 4.79 Å². The molecule has 4 aliphatic heterocycles. The fourth-order valence-electron chi connectivity index (χ4n) is 5.60. The van der Waals surface area contributed by atoms with Crippen LogP contribution in [-0.2, 0) is 0 Å². The summed E-state index contributed by atoms with van der Waals surface area (Å²) in [6.45, 7) is 7.33. The van der Waals surface area contributed by atoms with Crippen molar-refractivity contribution in [1.82, 2.24) is 14.8 Å². The Hall–Kier alpha value is -2.20. The predicted molar refractivity (Wildman–Crippen MR) is 106 cm³/mol. The number of hydrogen-bond donors (Lipinski definition) is 0. The summed E-state index contributed by atoms with van der Waals surface area (Å²) in [5.41, 5.74) is 4.45. The minimum atomic E-state index is 0.166. The third-order valence-electron chi connectivity index (χ3n) is 7.03. The summed E-state index contributed by atoms with van der Waals surface area (Å²) in [6.07, 6.45) is 5.95. The van der Waals surface area contributed by atoms with Gasteiger partial charge in [0.2, 0.25) is 0 Å². The first-order valence-electron chi connectivity index (χ1n) is 10.2. The van der Waals surface area contributed by atoms with Crippen LogP contribution in [-0.4, -0.2) is 52.4 Å². The molecule has 27 heavy (non-hydrogen) atoms. The topological polar surface area (TPSA) is 36.4 Å². The summed E-state index contributed by atoms with van der Waals surface area (Å²) in [5.74, 6) is 1.20. The van der Waals surface area contributed by atoms with Crippen molar-refractivity contribution in [3.8, 4) is 0 Å². The number of fused-ring (bicyclic) bond motifs is 2. The zero-order valence-corrected chi connectivity index (χ0v) is 16.1. The van der Waals surface area contributed by atoms with Gasteiger partial charge in [0.15, 0.2) is 0 Å². The Morgan fingerprint density at radius 2 is 1.78 bits per heavy atom. The number of aryl methyl sites for hydroxylation is 2. The van der Waals surface area contributed by atoms with Crippen LogP contribution in [0.1, 0.15) is 45.8 Å². The Balaban J connectivity index is 1.53. The molecule has 0 aliphatic carbocycles. The quantitative estimate of drug-likeness (QED) is 0.823. The van der Waals surface area contributed by atoms with Gasteiger partial charge in [-0.2, -0.15) is 0 Å². The molecule has 5 heterocycles. The lowest BCUT2D eigenvalue weighted by atomic mass is 9.75. The van der Waals surface area contributed by atoms with Crippen molar-refractivity contribution in [3.63, 3.8) is 0 Å². The second kappa shape index (κ2) is 6.45. The van der Waals surface area contributed by atoms with E-state index < -0.39 is 0 Å². The highest BCUT2D eigenvalue weighted by Crippen LogP contribution is 2.47. The molecule has 4 aliphatic rings. The normalized spacial score (nSPS) is 31.8. The summed E-state index contributed by atoms with van der Waals surface area (Å²) < 4.78 is 0. The lowest BCUT2D eigenvalue weighted by Gasteiger charge is -2.51. The Bertz CT molecular complexity index is 854. The van der Waals surface area contributed by atoms with Crippen LogP contribution in [0.3, 0.4) is 0 Å². The van der Waals surface area contributed by atoms with Gasteiger partial charge in [0, 0.05) is 30.9 Å². The maximum absolute atomic E-state index is 13.5. The van der Waals surface area contributed by atoms with Crippen LogP contribution in [0.4, 0.5) is 0 Å². The molecule has 1 aromatic heterocycles. The fraction of sp³-hybridized carbons (Fsp3) is 0.478. The molecule has 0 saturated carbocycles. The van der Waals surface area contributed by atoms with Gasteiger partial charge in [-0.25, -0.2) is 0 Å². The van der Waals surface area contributed by atoms with Crippen LogP contribution in [0.2, 0.25) is 0 Å². The Labute approximate surface area is 161 Å². The first-order chi connectivity index (χ1) is 13.1. The lowest BCUT2D eigenvalue weighted by Crippen LogP contribution is -2.60. The second-order valence-electron chi connectivity index (χ2n) is 8.52. The maximum atomic E-state index is 13.5. The maximum Gasteiger partial charge on any atom is 0.256 e. The van der Waals surface area contributed by atoms with Crippen LogP contribution >= 0.6 is 0 Å². The highest BCUT2D eigenvalue weighted by Gasteiger charge is 2.54. The highest BCUT2D eigenvalue weighted by atomic mass is 16.2. The lowest BCUT2D eigenvalue weighted by molar-refractivity contribution is -0.00344. The van der Waals surface area contributed by atoms with E-state index in [1.165, 1.54) is 37.1 Å². The van der Waals surface area contributed by atoms with Gasteiger partial charge in [-0.3, -0.25) is 14.7 Å².